The van der Waals surface area contributed by atoms with Gasteiger partial charge in [-0.2, -0.15) is 4.31 Å². The fourth-order valence-corrected chi connectivity index (χ4v) is 5.09. The number of nitrogens with one attached hydrogen (secondary N) is 1. The van der Waals surface area contributed by atoms with Crippen LogP contribution in [0.25, 0.3) is 0 Å². The van der Waals surface area contributed by atoms with E-state index in [1.807, 2.05) is 0 Å². The van der Waals surface area contributed by atoms with Gasteiger partial charge in [-0.15, -0.1) is 0 Å². The Morgan fingerprint density at radius 1 is 1.17 bits per heavy atom. The molecule has 1 saturated heterocycles. The van der Waals surface area contributed by atoms with E-state index in [2.05, 4.69) is 5.32 Å². The first kappa shape index (κ1) is 22.5. The van der Waals surface area contributed by atoms with Crippen LogP contribution in [0.3, 0.4) is 0 Å². The first-order chi connectivity index (χ1) is 14.1. The van der Waals surface area contributed by atoms with Gasteiger partial charge in [0.05, 0.1) is 10.8 Å². The molecule has 1 N–H and O–H groups in total. The third-order valence-corrected chi connectivity index (χ3v) is 7.07. The highest BCUT2D eigenvalue weighted by Gasteiger charge is 2.33. The molecule has 1 amide bonds. The smallest absolute Gasteiger partial charge is 0.243 e. The van der Waals surface area contributed by atoms with E-state index in [-0.39, 0.29) is 29.4 Å². The molecule has 0 saturated carbocycles. The minimum atomic E-state index is -3.78. The Kier molecular flexibility index (Phi) is 6.64. The zero-order valence-corrected chi connectivity index (χ0v) is 18.1. The number of hydrogen-bond donors (Lipinski definition) is 1. The Labute approximate surface area is 179 Å². The number of amides is 1. The van der Waals surface area contributed by atoms with Crippen molar-refractivity contribution in [2.75, 3.05) is 37.4 Å². The SMILES string of the molecule is CN(C)c1c(F)cc(NC(=O)C2CCCN(S(=O)(=O)c3ccc(Cl)cc3)C2)cc1F. The van der Waals surface area contributed by atoms with Gasteiger partial charge in [0.15, 0.2) is 11.6 Å². The van der Waals surface area contributed by atoms with Crippen molar-refractivity contribution in [3.05, 3.63) is 53.1 Å². The van der Waals surface area contributed by atoms with Gasteiger partial charge in [-0.3, -0.25) is 4.79 Å². The van der Waals surface area contributed by atoms with Crippen molar-refractivity contribution in [1.82, 2.24) is 4.31 Å². The Morgan fingerprint density at radius 2 is 1.77 bits per heavy atom. The van der Waals surface area contributed by atoms with Crippen molar-refractivity contribution in [2.45, 2.75) is 17.7 Å². The zero-order valence-electron chi connectivity index (χ0n) is 16.5. The third-order valence-electron chi connectivity index (χ3n) is 4.94. The first-order valence-corrected chi connectivity index (χ1v) is 11.1. The number of anilines is 2. The molecule has 0 aliphatic carbocycles. The zero-order chi connectivity index (χ0) is 22.1. The molecule has 2 aromatic rings. The highest BCUT2D eigenvalue weighted by molar-refractivity contribution is 7.89. The van der Waals surface area contributed by atoms with Crippen molar-refractivity contribution in [3.63, 3.8) is 0 Å². The largest absolute Gasteiger partial charge is 0.373 e. The Morgan fingerprint density at radius 3 is 2.33 bits per heavy atom. The number of sulfonamides is 1. The molecule has 6 nitrogen and oxygen atoms in total. The number of carbonyl (C=O) groups excluding carboxylic acids is 1. The molecule has 162 valence electrons. The fourth-order valence-electron chi connectivity index (χ4n) is 3.44. The molecule has 2 aromatic carbocycles. The molecule has 0 bridgehead atoms. The van der Waals surface area contributed by atoms with Gasteiger partial charge >= 0.3 is 0 Å². The lowest BCUT2D eigenvalue weighted by Gasteiger charge is -2.31. The lowest BCUT2D eigenvalue weighted by atomic mass is 9.98. The molecule has 0 radical (unpaired) electrons. The number of rotatable bonds is 5. The van der Waals surface area contributed by atoms with Gasteiger partial charge in [-0.1, -0.05) is 11.6 Å². The average Bonchev–Trinajstić information content (AvgIpc) is 2.67. The fraction of sp³-hybridized carbons (Fsp3) is 0.350. The summed E-state index contributed by atoms with van der Waals surface area (Å²) in [5.74, 6) is -2.72. The van der Waals surface area contributed by atoms with Crippen LogP contribution in [0.2, 0.25) is 5.02 Å². The number of halogens is 3. The van der Waals surface area contributed by atoms with Crippen LogP contribution in [0, 0.1) is 17.6 Å². The summed E-state index contributed by atoms with van der Waals surface area (Å²) in [7, 11) is -0.755. The molecule has 3 rings (SSSR count). The summed E-state index contributed by atoms with van der Waals surface area (Å²) in [6.07, 6.45) is 0.965. The summed E-state index contributed by atoms with van der Waals surface area (Å²) in [5.41, 5.74) is -0.218. The van der Waals surface area contributed by atoms with Crippen LogP contribution in [-0.2, 0) is 14.8 Å². The van der Waals surface area contributed by atoms with Crippen LogP contribution in [0.15, 0.2) is 41.3 Å². The molecule has 0 aromatic heterocycles. The highest BCUT2D eigenvalue weighted by atomic mass is 35.5. The number of hydrogen-bond acceptors (Lipinski definition) is 4. The van der Waals surface area contributed by atoms with Crippen molar-refractivity contribution in [3.8, 4) is 0 Å². The third kappa shape index (κ3) is 4.74. The van der Waals surface area contributed by atoms with E-state index < -0.39 is 33.5 Å². The molecule has 0 spiro atoms. The van der Waals surface area contributed by atoms with Crippen LogP contribution >= 0.6 is 11.6 Å². The molecule has 1 atom stereocenters. The van der Waals surface area contributed by atoms with Crippen LogP contribution < -0.4 is 10.2 Å². The van der Waals surface area contributed by atoms with Crippen LogP contribution in [0.1, 0.15) is 12.8 Å². The van der Waals surface area contributed by atoms with Crippen molar-refractivity contribution in [1.29, 1.82) is 0 Å². The van der Waals surface area contributed by atoms with Crippen LogP contribution in [0.5, 0.6) is 0 Å². The van der Waals surface area contributed by atoms with Crippen molar-refractivity contribution < 1.29 is 22.0 Å². The molecule has 1 unspecified atom stereocenters. The van der Waals surface area contributed by atoms with E-state index in [1.54, 1.807) is 0 Å². The molecule has 1 aliphatic rings. The lowest BCUT2D eigenvalue weighted by Crippen LogP contribution is -2.43. The number of benzene rings is 2. The van der Waals surface area contributed by atoms with Crippen LogP contribution in [-0.4, -0.2) is 45.8 Å². The van der Waals surface area contributed by atoms with Gasteiger partial charge in [0, 0.05) is 37.9 Å². The van der Waals surface area contributed by atoms with Crippen molar-refractivity contribution >= 4 is 38.9 Å². The Bertz CT molecular complexity index is 1020. The number of carbonyl (C=O) groups is 1. The molecule has 1 aliphatic heterocycles. The predicted octanol–water partition coefficient (Wildman–Crippen LogP) is 3.72. The molecule has 1 heterocycles. The summed E-state index contributed by atoms with van der Waals surface area (Å²) in [4.78, 5) is 14.1. The first-order valence-electron chi connectivity index (χ1n) is 9.32. The maximum absolute atomic E-state index is 14.2. The normalized spacial score (nSPS) is 17.6. The van der Waals surface area contributed by atoms with Gasteiger partial charge in [-0.05, 0) is 49.2 Å². The Hall–Kier alpha value is -2.23. The van der Waals surface area contributed by atoms with Crippen LogP contribution in [0.4, 0.5) is 20.2 Å². The monoisotopic (exact) mass is 457 g/mol. The number of piperidine rings is 1. The molecule has 30 heavy (non-hydrogen) atoms. The van der Waals surface area contributed by atoms with Gasteiger partial charge in [-0.25, -0.2) is 17.2 Å². The van der Waals surface area contributed by atoms with Gasteiger partial charge in [0.2, 0.25) is 15.9 Å². The minimum absolute atomic E-state index is 0.0155. The summed E-state index contributed by atoms with van der Waals surface area (Å²) in [6, 6.07) is 7.90. The summed E-state index contributed by atoms with van der Waals surface area (Å²) in [6.45, 7) is 0.271. The maximum Gasteiger partial charge on any atom is 0.243 e. The van der Waals surface area contributed by atoms with Gasteiger partial charge in [0.1, 0.15) is 5.69 Å². The van der Waals surface area contributed by atoms with Gasteiger partial charge in [0.25, 0.3) is 0 Å². The van der Waals surface area contributed by atoms with E-state index in [1.165, 1.54) is 47.6 Å². The predicted molar refractivity (Wildman–Crippen MR) is 112 cm³/mol. The molecular weight excluding hydrogens is 436 g/mol. The Balaban J connectivity index is 1.74. The number of nitrogens with zero attached hydrogens (tertiary/aromatic N) is 2. The second kappa shape index (κ2) is 8.87. The molecule has 10 heteroatoms. The minimum Gasteiger partial charge on any atom is -0.373 e. The van der Waals surface area contributed by atoms with E-state index in [0.29, 0.717) is 17.9 Å². The quantitative estimate of drug-likeness (QED) is 0.742. The van der Waals surface area contributed by atoms with E-state index >= 15 is 0 Å². The average molecular weight is 458 g/mol. The topological polar surface area (TPSA) is 69.7 Å². The molecule has 1 fully saturated rings. The standard InChI is InChI=1S/C20H22ClF2N3O3S/c1-25(2)19-17(22)10-15(11-18(19)23)24-20(27)13-4-3-9-26(12-13)30(28,29)16-7-5-14(21)6-8-16/h5-8,10-11,13H,3-4,9,12H2,1-2H3,(H,24,27). The van der Waals surface area contributed by atoms with E-state index in [0.717, 1.165) is 12.1 Å². The second-order valence-corrected chi connectivity index (χ2v) is 9.70. The highest BCUT2D eigenvalue weighted by Crippen LogP contribution is 2.28. The molecular formula is C20H22ClF2N3O3S. The lowest BCUT2D eigenvalue weighted by molar-refractivity contribution is -0.120. The van der Waals surface area contributed by atoms with Gasteiger partial charge < -0.3 is 10.2 Å². The summed E-state index contributed by atoms with van der Waals surface area (Å²) >= 11 is 5.82. The maximum atomic E-state index is 14.2. The summed E-state index contributed by atoms with van der Waals surface area (Å²) in [5, 5.41) is 2.92. The van der Waals surface area contributed by atoms with E-state index in [9.17, 15) is 22.0 Å². The van der Waals surface area contributed by atoms with E-state index in [4.69, 9.17) is 11.6 Å². The van der Waals surface area contributed by atoms with Crippen molar-refractivity contribution in [2.24, 2.45) is 5.92 Å². The summed E-state index contributed by atoms with van der Waals surface area (Å²) < 4.78 is 55.3. The second-order valence-electron chi connectivity index (χ2n) is 7.33.